The molecule has 1 atom stereocenters. The van der Waals surface area contributed by atoms with E-state index < -0.39 is 22.5 Å². The zero-order chi connectivity index (χ0) is 23.3. The van der Waals surface area contributed by atoms with E-state index in [-0.39, 0.29) is 16.6 Å². The summed E-state index contributed by atoms with van der Waals surface area (Å²) in [6, 6.07) is 19.0. The molecule has 0 saturated carbocycles. The molecule has 0 fully saturated rings. The molecule has 3 aromatic rings. The van der Waals surface area contributed by atoms with E-state index in [0.29, 0.717) is 15.8 Å². The van der Waals surface area contributed by atoms with E-state index >= 15 is 0 Å². The van der Waals surface area contributed by atoms with Gasteiger partial charge >= 0.3 is 0 Å². The third kappa shape index (κ3) is 5.73. The molecule has 1 amide bonds. The molecule has 168 valence electrons. The van der Waals surface area contributed by atoms with Crippen molar-refractivity contribution in [3.63, 3.8) is 0 Å². The third-order valence-corrected chi connectivity index (χ3v) is 7.05. The average Bonchev–Trinajstić information content (AvgIpc) is 2.77. The number of benzene rings is 3. The molecule has 0 bridgehead atoms. The van der Waals surface area contributed by atoms with Crippen molar-refractivity contribution in [1.29, 1.82) is 0 Å². The van der Waals surface area contributed by atoms with Crippen molar-refractivity contribution in [1.82, 2.24) is 5.32 Å². The Labute approximate surface area is 197 Å². The van der Waals surface area contributed by atoms with Crippen molar-refractivity contribution in [2.45, 2.75) is 17.9 Å². The summed E-state index contributed by atoms with van der Waals surface area (Å²) in [5.74, 6) is 0.235. The van der Waals surface area contributed by atoms with Crippen LogP contribution < -0.4 is 14.4 Å². The molecule has 6 nitrogen and oxygen atoms in total. The Balaban J connectivity index is 1.86. The molecule has 3 rings (SSSR count). The molecule has 0 aliphatic heterocycles. The van der Waals surface area contributed by atoms with Gasteiger partial charge < -0.3 is 10.1 Å². The quantitative estimate of drug-likeness (QED) is 0.475. The maximum atomic E-state index is 13.4. The number of ether oxygens (including phenoxy) is 1. The van der Waals surface area contributed by atoms with Gasteiger partial charge in [-0.2, -0.15) is 0 Å². The summed E-state index contributed by atoms with van der Waals surface area (Å²) in [5.41, 5.74) is 1.13. The number of halogens is 2. The summed E-state index contributed by atoms with van der Waals surface area (Å²) in [5, 5.41) is 3.60. The summed E-state index contributed by atoms with van der Waals surface area (Å²) >= 11 is 12.0. The minimum atomic E-state index is -4.05. The van der Waals surface area contributed by atoms with Crippen LogP contribution in [0.4, 0.5) is 5.69 Å². The van der Waals surface area contributed by atoms with Gasteiger partial charge in [-0.05, 0) is 67.1 Å². The number of anilines is 1. The van der Waals surface area contributed by atoms with Gasteiger partial charge in [-0.1, -0.05) is 41.4 Å². The first-order valence-electron chi connectivity index (χ1n) is 9.68. The van der Waals surface area contributed by atoms with Crippen molar-refractivity contribution < 1.29 is 17.9 Å². The van der Waals surface area contributed by atoms with Crippen LogP contribution in [0.3, 0.4) is 0 Å². The molecule has 0 aliphatic rings. The zero-order valence-corrected chi connectivity index (χ0v) is 19.8. The molecule has 0 unspecified atom stereocenters. The maximum Gasteiger partial charge on any atom is 0.264 e. The van der Waals surface area contributed by atoms with Gasteiger partial charge in [0.2, 0.25) is 5.91 Å². The molecule has 9 heteroatoms. The van der Waals surface area contributed by atoms with E-state index in [1.807, 2.05) is 19.1 Å². The fraction of sp³-hybridized carbons (Fsp3) is 0.174. The van der Waals surface area contributed by atoms with E-state index in [1.165, 1.54) is 30.3 Å². The highest BCUT2D eigenvalue weighted by Crippen LogP contribution is 2.27. The lowest BCUT2D eigenvalue weighted by molar-refractivity contribution is -0.120. The zero-order valence-electron chi connectivity index (χ0n) is 17.5. The topological polar surface area (TPSA) is 75.7 Å². The Morgan fingerprint density at radius 3 is 2.25 bits per heavy atom. The largest absolute Gasteiger partial charge is 0.497 e. The second kappa shape index (κ2) is 10.3. The van der Waals surface area contributed by atoms with Crippen LogP contribution in [-0.2, 0) is 14.8 Å². The van der Waals surface area contributed by atoms with Crippen molar-refractivity contribution in [3.05, 3.63) is 88.4 Å². The lowest BCUT2D eigenvalue weighted by Crippen LogP contribution is -2.41. The number of hydrogen-bond donors (Lipinski definition) is 1. The van der Waals surface area contributed by atoms with Gasteiger partial charge in [0.15, 0.2) is 0 Å². The number of carbonyl (C=O) groups is 1. The van der Waals surface area contributed by atoms with Gasteiger partial charge in [0.25, 0.3) is 10.0 Å². The summed E-state index contributed by atoms with van der Waals surface area (Å²) in [7, 11) is -2.48. The SMILES string of the molecule is COc1ccc([C@@H](C)NC(=O)CN(c2cccc(Cl)c2)S(=O)(=O)c2ccc(Cl)cc2)cc1. The number of rotatable bonds is 8. The standard InChI is InChI=1S/C23H22Cl2N2O4S/c1-16(17-6-10-21(31-2)11-7-17)26-23(28)15-27(20-5-3-4-19(25)14-20)32(29,30)22-12-8-18(24)9-13-22/h3-14,16H,15H2,1-2H3,(H,26,28)/t16-/m1/s1. The number of sulfonamides is 1. The number of hydrogen-bond acceptors (Lipinski definition) is 4. The summed E-state index contributed by atoms with van der Waals surface area (Å²) in [4.78, 5) is 12.9. The second-order valence-corrected chi connectivity index (χ2v) is 9.74. The van der Waals surface area contributed by atoms with Gasteiger partial charge in [-0.3, -0.25) is 9.10 Å². The van der Waals surface area contributed by atoms with Gasteiger partial charge in [0, 0.05) is 10.0 Å². The summed E-state index contributed by atoms with van der Waals surface area (Å²) in [6.07, 6.45) is 0. The lowest BCUT2D eigenvalue weighted by atomic mass is 10.1. The second-order valence-electron chi connectivity index (χ2n) is 7.01. The molecule has 1 N–H and O–H groups in total. The van der Waals surface area contributed by atoms with Crippen LogP contribution in [0, 0.1) is 0 Å². The molecule has 0 saturated heterocycles. The Morgan fingerprint density at radius 2 is 1.66 bits per heavy atom. The van der Waals surface area contributed by atoms with Crippen LogP contribution in [0.25, 0.3) is 0 Å². The van der Waals surface area contributed by atoms with Crippen LogP contribution in [0.1, 0.15) is 18.5 Å². The van der Waals surface area contributed by atoms with E-state index in [2.05, 4.69) is 5.32 Å². The highest BCUT2D eigenvalue weighted by atomic mass is 35.5. The molecule has 0 heterocycles. The molecule has 0 aliphatic carbocycles. The number of carbonyl (C=O) groups excluding carboxylic acids is 1. The van der Waals surface area contributed by atoms with Crippen LogP contribution in [0.15, 0.2) is 77.7 Å². The fourth-order valence-electron chi connectivity index (χ4n) is 3.07. The smallest absolute Gasteiger partial charge is 0.264 e. The Hall–Kier alpha value is -2.74. The van der Waals surface area contributed by atoms with Crippen molar-refractivity contribution in [2.24, 2.45) is 0 Å². The normalized spacial score (nSPS) is 12.1. The van der Waals surface area contributed by atoms with Gasteiger partial charge in [-0.25, -0.2) is 8.42 Å². The van der Waals surface area contributed by atoms with Crippen LogP contribution in [-0.4, -0.2) is 28.0 Å². The fourth-order valence-corrected chi connectivity index (χ4v) is 4.80. The molecule has 3 aromatic carbocycles. The Morgan fingerprint density at radius 1 is 1.00 bits per heavy atom. The van der Waals surface area contributed by atoms with Crippen molar-refractivity contribution in [2.75, 3.05) is 18.0 Å². The van der Waals surface area contributed by atoms with E-state index in [9.17, 15) is 13.2 Å². The summed E-state index contributed by atoms with van der Waals surface area (Å²) < 4.78 is 32.9. The van der Waals surface area contributed by atoms with Crippen LogP contribution in [0.2, 0.25) is 10.0 Å². The average molecular weight is 493 g/mol. The molecular formula is C23H22Cl2N2O4S. The molecule has 0 radical (unpaired) electrons. The summed E-state index contributed by atoms with van der Waals surface area (Å²) in [6.45, 7) is 1.39. The third-order valence-electron chi connectivity index (χ3n) is 4.78. The van der Waals surface area contributed by atoms with Gasteiger partial charge in [-0.15, -0.1) is 0 Å². The van der Waals surface area contributed by atoms with Crippen molar-refractivity contribution in [3.8, 4) is 5.75 Å². The Kier molecular flexibility index (Phi) is 7.66. The first-order chi connectivity index (χ1) is 15.2. The van der Waals surface area contributed by atoms with E-state index in [1.54, 1.807) is 37.4 Å². The van der Waals surface area contributed by atoms with Crippen molar-refractivity contribution >= 4 is 44.8 Å². The monoisotopic (exact) mass is 492 g/mol. The highest BCUT2D eigenvalue weighted by molar-refractivity contribution is 7.92. The lowest BCUT2D eigenvalue weighted by Gasteiger charge is -2.25. The van der Waals surface area contributed by atoms with E-state index in [4.69, 9.17) is 27.9 Å². The Bertz CT molecular complexity index is 1180. The number of nitrogens with one attached hydrogen (secondary N) is 1. The minimum Gasteiger partial charge on any atom is -0.497 e. The first kappa shape index (κ1) is 23.9. The van der Waals surface area contributed by atoms with Crippen LogP contribution >= 0.6 is 23.2 Å². The molecular weight excluding hydrogens is 471 g/mol. The predicted molar refractivity (Wildman–Crippen MR) is 127 cm³/mol. The first-order valence-corrected chi connectivity index (χ1v) is 11.9. The van der Waals surface area contributed by atoms with Gasteiger partial charge in [0.1, 0.15) is 12.3 Å². The maximum absolute atomic E-state index is 13.4. The molecule has 32 heavy (non-hydrogen) atoms. The molecule has 0 spiro atoms. The minimum absolute atomic E-state index is 0.0119. The van der Waals surface area contributed by atoms with Gasteiger partial charge in [0.05, 0.1) is 23.7 Å². The van der Waals surface area contributed by atoms with Crippen LogP contribution in [0.5, 0.6) is 5.75 Å². The number of methoxy groups -OCH3 is 1. The number of nitrogens with zero attached hydrogens (tertiary/aromatic N) is 1. The number of amides is 1. The van der Waals surface area contributed by atoms with E-state index in [0.717, 1.165) is 9.87 Å². The molecule has 0 aromatic heterocycles. The highest BCUT2D eigenvalue weighted by Gasteiger charge is 2.28. The predicted octanol–water partition coefficient (Wildman–Crippen LogP) is 5.07.